The molecule has 1 aromatic heterocycles. The van der Waals surface area contributed by atoms with Crippen molar-refractivity contribution in [2.45, 2.75) is 31.8 Å². The maximum Gasteiger partial charge on any atom is 0.328 e. The van der Waals surface area contributed by atoms with Crippen LogP contribution in [0.5, 0.6) is 0 Å². The van der Waals surface area contributed by atoms with E-state index in [-0.39, 0.29) is 11.9 Å². The lowest BCUT2D eigenvalue weighted by molar-refractivity contribution is -0.151. The van der Waals surface area contributed by atoms with Gasteiger partial charge in [0.25, 0.3) is 0 Å². The summed E-state index contributed by atoms with van der Waals surface area (Å²) in [7, 11) is 0. The van der Waals surface area contributed by atoms with Gasteiger partial charge in [0, 0.05) is 0 Å². The molecule has 20 heavy (non-hydrogen) atoms. The van der Waals surface area contributed by atoms with Gasteiger partial charge in [-0.15, -0.1) is 0 Å². The van der Waals surface area contributed by atoms with Crippen molar-refractivity contribution in [1.29, 1.82) is 0 Å². The lowest BCUT2D eigenvalue weighted by Gasteiger charge is -2.27. The summed E-state index contributed by atoms with van der Waals surface area (Å²) in [6.45, 7) is 2.57. The lowest BCUT2D eigenvalue weighted by Crippen LogP contribution is -2.54. The van der Waals surface area contributed by atoms with Crippen LogP contribution in [0.15, 0.2) is 30.6 Å². The van der Waals surface area contributed by atoms with E-state index in [0.29, 0.717) is 13.2 Å². The fourth-order valence-corrected chi connectivity index (χ4v) is 2.64. The highest BCUT2D eigenvalue weighted by atomic mass is 16.5. The summed E-state index contributed by atoms with van der Waals surface area (Å²) in [5.74, 6) is -0.0945. The number of para-hydroxylation sites is 2. The molecule has 1 unspecified atom stereocenters. The zero-order valence-corrected chi connectivity index (χ0v) is 11.6. The molecule has 2 aromatic rings. The number of hydrogen-bond donors (Lipinski definition) is 1. The Labute approximate surface area is 117 Å². The van der Waals surface area contributed by atoms with Crippen molar-refractivity contribution in [1.82, 2.24) is 9.55 Å². The molecule has 3 rings (SSSR count). The van der Waals surface area contributed by atoms with E-state index in [1.54, 1.807) is 13.3 Å². The first kappa shape index (κ1) is 13.1. The number of imidazole rings is 1. The summed E-state index contributed by atoms with van der Waals surface area (Å²) >= 11 is 0. The van der Waals surface area contributed by atoms with Crippen LogP contribution in [-0.4, -0.2) is 27.7 Å². The average Bonchev–Trinajstić information content (AvgIpc) is 3.23. The van der Waals surface area contributed by atoms with Crippen LogP contribution in [-0.2, 0) is 16.1 Å². The van der Waals surface area contributed by atoms with Gasteiger partial charge in [-0.05, 0) is 37.8 Å². The Morgan fingerprint density at radius 1 is 1.50 bits per heavy atom. The molecule has 0 radical (unpaired) electrons. The second kappa shape index (κ2) is 4.90. The molecular weight excluding hydrogens is 254 g/mol. The molecule has 5 nitrogen and oxygen atoms in total. The minimum absolute atomic E-state index is 0.211. The Morgan fingerprint density at radius 3 is 2.95 bits per heavy atom. The SMILES string of the molecule is CCOC(=O)C(N)(Cn1cnc2ccccc21)C1CC1. The summed E-state index contributed by atoms with van der Waals surface area (Å²) in [6, 6.07) is 7.84. The highest BCUT2D eigenvalue weighted by Gasteiger charge is 2.49. The summed E-state index contributed by atoms with van der Waals surface area (Å²) in [4.78, 5) is 16.6. The summed E-state index contributed by atoms with van der Waals surface area (Å²) in [5, 5.41) is 0. The minimum atomic E-state index is -0.945. The van der Waals surface area contributed by atoms with E-state index in [2.05, 4.69) is 4.98 Å². The molecule has 1 aromatic carbocycles. The van der Waals surface area contributed by atoms with E-state index in [1.807, 2.05) is 28.8 Å². The van der Waals surface area contributed by atoms with Crippen molar-refractivity contribution in [3.63, 3.8) is 0 Å². The highest BCUT2D eigenvalue weighted by Crippen LogP contribution is 2.40. The third kappa shape index (κ3) is 2.18. The quantitative estimate of drug-likeness (QED) is 0.842. The number of carbonyl (C=O) groups is 1. The molecule has 106 valence electrons. The third-order valence-electron chi connectivity index (χ3n) is 3.92. The summed E-state index contributed by atoms with van der Waals surface area (Å²) in [6.07, 6.45) is 3.72. The third-order valence-corrected chi connectivity index (χ3v) is 3.92. The molecule has 1 fully saturated rings. The first-order valence-electron chi connectivity index (χ1n) is 7.01. The molecule has 0 saturated heterocycles. The molecule has 1 aliphatic rings. The number of fused-ring (bicyclic) bond motifs is 1. The maximum atomic E-state index is 12.2. The van der Waals surface area contributed by atoms with E-state index in [0.717, 1.165) is 23.9 Å². The number of nitrogens with zero attached hydrogens (tertiary/aromatic N) is 2. The van der Waals surface area contributed by atoms with Crippen LogP contribution >= 0.6 is 0 Å². The summed E-state index contributed by atoms with van der Waals surface area (Å²) in [5.41, 5.74) is 7.35. The smallest absolute Gasteiger partial charge is 0.328 e. The molecule has 5 heteroatoms. The van der Waals surface area contributed by atoms with Crippen LogP contribution in [0, 0.1) is 5.92 Å². The van der Waals surface area contributed by atoms with E-state index >= 15 is 0 Å². The normalized spacial score (nSPS) is 17.9. The van der Waals surface area contributed by atoms with Gasteiger partial charge in [-0.2, -0.15) is 0 Å². The average molecular weight is 273 g/mol. The first-order valence-corrected chi connectivity index (χ1v) is 7.01. The van der Waals surface area contributed by atoms with E-state index in [4.69, 9.17) is 10.5 Å². The number of hydrogen-bond acceptors (Lipinski definition) is 4. The second-order valence-corrected chi connectivity index (χ2v) is 5.40. The second-order valence-electron chi connectivity index (χ2n) is 5.40. The van der Waals surface area contributed by atoms with Crippen LogP contribution in [0.1, 0.15) is 19.8 Å². The van der Waals surface area contributed by atoms with Crippen molar-refractivity contribution < 1.29 is 9.53 Å². The predicted octanol–water partition coefficient (Wildman–Crippen LogP) is 1.71. The van der Waals surface area contributed by atoms with Crippen LogP contribution < -0.4 is 5.73 Å². The van der Waals surface area contributed by atoms with Crippen molar-refractivity contribution in [3.05, 3.63) is 30.6 Å². The number of rotatable bonds is 5. The van der Waals surface area contributed by atoms with Crippen LogP contribution in [0.25, 0.3) is 11.0 Å². The monoisotopic (exact) mass is 273 g/mol. The minimum Gasteiger partial charge on any atom is -0.465 e. The van der Waals surface area contributed by atoms with Crippen LogP contribution in [0.4, 0.5) is 0 Å². The van der Waals surface area contributed by atoms with Gasteiger partial charge in [0.15, 0.2) is 0 Å². The maximum absolute atomic E-state index is 12.2. The number of nitrogens with two attached hydrogens (primary N) is 1. The Bertz CT molecular complexity index is 633. The molecule has 0 bridgehead atoms. The van der Waals surface area contributed by atoms with Gasteiger partial charge in [0.2, 0.25) is 0 Å². The van der Waals surface area contributed by atoms with Crippen LogP contribution in [0.3, 0.4) is 0 Å². The zero-order chi connectivity index (χ0) is 14.2. The Kier molecular flexibility index (Phi) is 3.22. The Morgan fingerprint density at radius 2 is 2.25 bits per heavy atom. The number of carbonyl (C=O) groups excluding carboxylic acids is 1. The van der Waals surface area contributed by atoms with E-state index in [9.17, 15) is 4.79 Å². The molecule has 2 N–H and O–H groups in total. The topological polar surface area (TPSA) is 70.1 Å². The van der Waals surface area contributed by atoms with Crippen LogP contribution in [0.2, 0.25) is 0 Å². The first-order chi connectivity index (χ1) is 9.65. The molecular formula is C15H19N3O2. The van der Waals surface area contributed by atoms with Gasteiger partial charge in [-0.3, -0.25) is 0 Å². The van der Waals surface area contributed by atoms with Crippen molar-refractivity contribution in [2.24, 2.45) is 11.7 Å². The molecule has 1 atom stereocenters. The highest BCUT2D eigenvalue weighted by molar-refractivity contribution is 5.82. The molecule has 0 aliphatic heterocycles. The summed E-state index contributed by atoms with van der Waals surface area (Å²) < 4.78 is 7.12. The number of esters is 1. The molecule has 1 saturated carbocycles. The number of aromatic nitrogens is 2. The molecule has 1 heterocycles. The largest absolute Gasteiger partial charge is 0.465 e. The van der Waals surface area contributed by atoms with Gasteiger partial charge in [0.1, 0.15) is 5.54 Å². The molecule has 0 spiro atoms. The van der Waals surface area contributed by atoms with Crippen molar-refractivity contribution in [2.75, 3.05) is 6.61 Å². The lowest BCUT2D eigenvalue weighted by atomic mass is 9.94. The predicted molar refractivity (Wildman–Crippen MR) is 76.0 cm³/mol. The Hall–Kier alpha value is -1.88. The fourth-order valence-electron chi connectivity index (χ4n) is 2.64. The van der Waals surface area contributed by atoms with Crippen molar-refractivity contribution in [3.8, 4) is 0 Å². The number of benzene rings is 1. The van der Waals surface area contributed by atoms with E-state index in [1.165, 1.54) is 0 Å². The number of ether oxygens (including phenoxy) is 1. The fraction of sp³-hybridized carbons (Fsp3) is 0.467. The Balaban J connectivity index is 1.92. The van der Waals surface area contributed by atoms with Gasteiger partial charge < -0.3 is 15.0 Å². The molecule has 0 amide bonds. The standard InChI is InChI=1S/C15H19N3O2/c1-2-20-14(19)15(16,11-7-8-11)9-18-10-17-12-5-3-4-6-13(12)18/h3-6,10-11H,2,7-9,16H2,1H3. The zero-order valence-electron chi connectivity index (χ0n) is 11.6. The van der Waals surface area contributed by atoms with Gasteiger partial charge in [-0.1, -0.05) is 12.1 Å². The van der Waals surface area contributed by atoms with Gasteiger partial charge in [-0.25, -0.2) is 9.78 Å². The van der Waals surface area contributed by atoms with E-state index < -0.39 is 5.54 Å². The van der Waals surface area contributed by atoms with Gasteiger partial charge >= 0.3 is 5.97 Å². The molecule has 1 aliphatic carbocycles. The van der Waals surface area contributed by atoms with Crippen molar-refractivity contribution >= 4 is 17.0 Å². The van der Waals surface area contributed by atoms with Gasteiger partial charge in [0.05, 0.1) is 30.5 Å².